The van der Waals surface area contributed by atoms with Crippen molar-refractivity contribution in [1.29, 1.82) is 0 Å². The largest absolute Gasteiger partial charge is 0.300 e. The maximum Gasteiger partial charge on any atom is 0.132 e. The Hall–Kier alpha value is -0.660. The van der Waals surface area contributed by atoms with Crippen molar-refractivity contribution in [3.05, 3.63) is 6.92 Å². The van der Waals surface area contributed by atoms with Crippen molar-refractivity contribution in [1.82, 2.24) is 0 Å². The highest BCUT2D eigenvalue weighted by Gasteiger charge is 2.02. The van der Waals surface area contributed by atoms with Gasteiger partial charge in [-0.15, -0.1) is 0 Å². The Kier molecular flexibility index (Phi) is 14.3. The van der Waals surface area contributed by atoms with E-state index in [4.69, 9.17) is 0 Å². The molecule has 20 heavy (non-hydrogen) atoms. The first kappa shape index (κ1) is 19.3. The standard InChI is InChI=1S/C18H33O2/c1-3-5-6-11-15-18(20)16-13-10-8-7-9-12-14-17(19)4-2/h2-16H2,1H3. The van der Waals surface area contributed by atoms with Gasteiger partial charge in [0.15, 0.2) is 0 Å². The highest BCUT2D eigenvalue weighted by Crippen LogP contribution is 2.11. The Morgan fingerprint density at radius 2 is 1.05 bits per heavy atom. The second kappa shape index (κ2) is 14.7. The van der Waals surface area contributed by atoms with Gasteiger partial charge in [0.05, 0.1) is 0 Å². The first-order valence-corrected chi connectivity index (χ1v) is 8.53. The molecule has 0 saturated carbocycles. The minimum atomic E-state index is 0.277. The zero-order valence-corrected chi connectivity index (χ0v) is 13.4. The van der Waals surface area contributed by atoms with E-state index in [9.17, 15) is 9.59 Å². The van der Waals surface area contributed by atoms with Crippen LogP contribution in [0.4, 0.5) is 0 Å². The van der Waals surface area contributed by atoms with E-state index in [2.05, 4.69) is 13.8 Å². The van der Waals surface area contributed by atoms with Crippen LogP contribution in [0.25, 0.3) is 0 Å². The highest BCUT2D eigenvalue weighted by atomic mass is 16.1. The summed E-state index contributed by atoms with van der Waals surface area (Å²) in [6, 6.07) is 0. The van der Waals surface area contributed by atoms with Gasteiger partial charge in [-0.1, -0.05) is 51.9 Å². The van der Waals surface area contributed by atoms with E-state index < -0.39 is 0 Å². The third-order valence-electron chi connectivity index (χ3n) is 3.75. The minimum Gasteiger partial charge on any atom is -0.300 e. The number of ketones is 2. The normalized spacial score (nSPS) is 10.7. The van der Waals surface area contributed by atoms with Crippen LogP contribution in [0, 0.1) is 6.92 Å². The molecule has 0 unspecified atom stereocenters. The first-order chi connectivity index (χ1) is 9.70. The quantitative estimate of drug-likeness (QED) is 0.374. The lowest BCUT2D eigenvalue weighted by atomic mass is 10.0. The van der Waals surface area contributed by atoms with Crippen LogP contribution in [-0.2, 0) is 9.59 Å². The number of hydrogen-bond donors (Lipinski definition) is 0. The SMILES string of the molecule is [CH2]CC(=O)CCCCCCCCC(=O)CCCCCC. The lowest BCUT2D eigenvalue weighted by Crippen LogP contribution is -1.97. The molecule has 0 spiro atoms. The molecule has 0 aliphatic rings. The minimum absolute atomic E-state index is 0.277. The number of unbranched alkanes of at least 4 members (excludes halogenated alkanes) is 8. The van der Waals surface area contributed by atoms with E-state index in [-0.39, 0.29) is 5.78 Å². The Morgan fingerprint density at radius 3 is 1.50 bits per heavy atom. The Bertz CT molecular complexity index is 246. The molecule has 0 aromatic heterocycles. The van der Waals surface area contributed by atoms with Gasteiger partial charge in [0.1, 0.15) is 11.6 Å². The molecule has 0 atom stereocenters. The molecule has 0 rings (SSSR count). The molecule has 0 heterocycles. The van der Waals surface area contributed by atoms with E-state index in [0.29, 0.717) is 18.6 Å². The molecule has 117 valence electrons. The molecule has 2 nitrogen and oxygen atoms in total. The molecule has 0 aromatic rings. The zero-order valence-electron chi connectivity index (χ0n) is 13.4. The van der Waals surface area contributed by atoms with Crippen LogP contribution < -0.4 is 0 Å². The molecular formula is C18H33O2. The van der Waals surface area contributed by atoms with Crippen LogP contribution in [0.1, 0.15) is 96.8 Å². The third kappa shape index (κ3) is 13.8. The number of carbonyl (C=O) groups is 2. The molecular weight excluding hydrogens is 248 g/mol. The van der Waals surface area contributed by atoms with Crippen LogP contribution >= 0.6 is 0 Å². The lowest BCUT2D eigenvalue weighted by molar-refractivity contribution is -0.119. The molecule has 2 heteroatoms. The van der Waals surface area contributed by atoms with Gasteiger partial charge < -0.3 is 0 Å². The van der Waals surface area contributed by atoms with Gasteiger partial charge in [-0.25, -0.2) is 0 Å². The van der Waals surface area contributed by atoms with Gasteiger partial charge in [0.2, 0.25) is 0 Å². The summed E-state index contributed by atoms with van der Waals surface area (Å²) in [5.74, 6) is 0.723. The van der Waals surface area contributed by atoms with Crippen molar-refractivity contribution in [2.24, 2.45) is 0 Å². The van der Waals surface area contributed by atoms with Gasteiger partial charge in [-0.2, -0.15) is 0 Å². The fraction of sp³-hybridized carbons (Fsp3) is 0.833. The maximum absolute atomic E-state index is 11.6. The zero-order chi connectivity index (χ0) is 15.1. The van der Waals surface area contributed by atoms with Crippen molar-refractivity contribution in [3.63, 3.8) is 0 Å². The fourth-order valence-electron chi connectivity index (χ4n) is 2.35. The number of carbonyl (C=O) groups excluding carboxylic acids is 2. The first-order valence-electron chi connectivity index (χ1n) is 8.53. The molecule has 0 amide bonds. The summed E-state index contributed by atoms with van der Waals surface area (Å²) >= 11 is 0. The average molecular weight is 281 g/mol. The van der Waals surface area contributed by atoms with Gasteiger partial charge in [-0.3, -0.25) is 9.59 Å². The molecule has 0 bridgehead atoms. The molecule has 0 aromatic carbocycles. The summed E-state index contributed by atoms with van der Waals surface area (Å²) in [5.41, 5.74) is 0. The van der Waals surface area contributed by atoms with Crippen LogP contribution in [0.3, 0.4) is 0 Å². The molecule has 0 aliphatic heterocycles. The van der Waals surface area contributed by atoms with Crippen LogP contribution in [0.2, 0.25) is 0 Å². The average Bonchev–Trinajstić information content (AvgIpc) is 2.46. The summed E-state index contributed by atoms with van der Waals surface area (Å²) in [6.45, 7) is 5.78. The van der Waals surface area contributed by atoms with Crippen molar-refractivity contribution in [3.8, 4) is 0 Å². The van der Waals surface area contributed by atoms with Crippen molar-refractivity contribution < 1.29 is 9.59 Å². The Morgan fingerprint density at radius 1 is 0.650 bits per heavy atom. The van der Waals surface area contributed by atoms with E-state index >= 15 is 0 Å². The van der Waals surface area contributed by atoms with E-state index in [1.165, 1.54) is 32.1 Å². The third-order valence-corrected chi connectivity index (χ3v) is 3.75. The van der Waals surface area contributed by atoms with Crippen molar-refractivity contribution in [2.75, 3.05) is 0 Å². The summed E-state index contributed by atoms with van der Waals surface area (Å²) in [5, 5.41) is 0. The van der Waals surface area contributed by atoms with Crippen LogP contribution in [0.5, 0.6) is 0 Å². The fourth-order valence-corrected chi connectivity index (χ4v) is 2.35. The summed E-state index contributed by atoms with van der Waals surface area (Å²) < 4.78 is 0. The molecule has 1 radical (unpaired) electrons. The van der Waals surface area contributed by atoms with Crippen LogP contribution in [0.15, 0.2) is 0 Å². The topological polar surface area (TPSA) is 34.1 Å². The number of rotatable bonds is 15. The van der Waals surface area contributed by atoms with Crippen LogP contribution in [-0.4, -0.2) is 11.6 Å². The molecule has 0 aliphatic carbocycles. The van der Waals surface area contributed by atoms with Gasteiger partial charge in [0, 0.05) is 25.7 Å². The summed E-state index contributed by atoms with van der Waals surface area (Å²) in [4.78, 5) is 22.7. The molecule has 0 saturated heterocycles. The predicted octanol–water partition coefficient (Wildman–Crippen LogP) is 5.44. The van der Waals surface area contributed by atoms with Gasteiger partial charge in [0.25, 0.3) is 0 Å². The van der Waals surface area contributed by atoms with Crippen molar-refractivity contribution >= 4 is 11.6 Å². The van der Waals surface area contributed by atoms with Gasteiger partial charge in [-0.05, 0) is 26.2 Å². The summed E-state index contributed by atoms with van der Waals surface area (Å²) in [6.07, 6.45) is 14.2. The maximum atomic E-state index is 11.6. The highest BCUT2D eigenvalue weighted by molar-refractivity contribution is 5.78. The second-order valence-corrected chi connectivity index (χ2v) is 5.76. The second-order valence-electron chi connectivity index (χ2n) is 5.76. The van der Waals surface area contributed by atoms with E-state index in [0.717, 1.165) is 44.9 Å². The Balaban J connectivity index is 3.19. The smallest absolute Gasteiger partial charge is 0.132 e. The lowest BCUT2D eigenvalue weighted by Gasteiger charge is -2.02. The molecule has 0 fully saturated rings. The predicted molar refractivity (Wildman–Crippen MR) is 85.7 cm³/mol. The Labute approximate surface area is 125 Å². The number of Topliss-reactive ketones (excluding diaryl/α,β-unsaturated/α-hetero) is 2. The monoisotopic (exact) mass is 281 g/mol. The van der Waals surface area contributed by atoms with Crippen molar-refractivity contribution in [2.45, 2.75) is 96.8 Å². The summed E-state index contributed by atoms with van der Waals surface area (Å²) in [7, 11) is 0. The van der Waals surface area contributed by atoms with Gasteiger partial charge >= 0.3 is 0 Å². The van der Waals surface area contributed by atoms with E-state index in [1.54, 1.807) is 0 Å². The van der Waals surface area contributed by atoms with E-state index in [1.807, 2.05) is 0 Å². The molecule has 0 N–H and O–H groups in total. The number of hydrogen-bond acceptors (Lipinski definition) is 2.